The predicted molar refractivity (Wildman–Crippen MR) is 92.8 cm³/mol. The highest BCUT2D eigenvalue weighted by molar-refractivity contribution is 6.30. The summed E-state index contributed by atoms with van der Waals surface area (Å²) < 4.78 is 4.55. The molecule has 0 amide bonds. The van der Waals surface area contributed by atoms with Crippen LogP contribution in [0.2, 0.25) is 0 Å². The molecule has 0 saturated carbocycles. The monoisotopic (exact) mass is 371 g/mol. The molecular formula is C19H17NO7. The minimum Gasteiger partial charge on any atom is -0.507 e. The first-order chi connectivity index (χ1) is 12.9. The number of phenols is 2. The first-order valence-electron chi connectivity index (χ1n) is 8.08. The number of hydrogen-bond donors (Lipinski definition) is 4. The van der Waals surface area contributed by atoms with Crippen molar-refractivity contribution in [2.75, 3.05) is 13.7 Å². The molecule has 3 rings (SSSR count). The fraction of sp³-hybridized carbons (Fsp3) is 0.211. The van der Waals surface area contributed by atoms with E-state index in [-0.39, 0.29) is 34.5 Å². The van der Waals surface area contributed by atoms with Crippen LogP contribution in [0.1, 0.15) is 37.4 Å². The maximum Gasteiger partial charge on any atom is 0.325 e. The topological polar surface area (TPSA) is 133 Å². The van der Waals surface area contributed by atoms with Gasteiger partial charge in [-0.05, 0) is 23.8 Å². The van der Waals surface area contributed by atoms with E-state index in [0.29, 0.717) is 5.56 Å². The molecule has 1 atom stereocenters. The molecule has 0 radical (unpaired) electrons. The van der Waals surface area contributed by atoms with Gasteiger partial charge in [0.1, 0.15) is 17.5 Å². The van der Waals surface area contributed by atoms with Crippen molar-refractivity contribution in [3.05, 3.63) is 58.1 Å². The van der Waals surface area contributed by atoms with Crippen LogP contribution in [-0.2, 0) is 16.1 Å². The van der Waals surface area contributed by atoms with Gasteiger partial charge in [-0.15, -0.1) is 0 Å². The fourth-order valence-electron chi connectivity index (χ4n) is 3.05. The summed E-state index contributed by atoms with van der Waals surface area (Å²) in [5, 5.41) is 32.2. The van der Waals surface area contributed by atoms with Gasteiger partial charge in [-0.1, -0.05) is 12.1 Å². The quantitative estimate of drug-likeness (QED) is 0.477. The van der Waals surface area contributed by atoms with Crippen LogP contribution in [0, 0.1) is 0 Å². The summed E-state index contributed by atoms with van der Waals surface area (Å²) in [6.07, 6.45) is 0. The molecule has 27 heavy (non-hydrogen) atoms. The van der Waals surface area contributed by atoms with Crippen molar-refractivity contribution < 1.29 is 34.4 Å². The van der Waals surface area contributed by atoms with Crippen LogP contribution in [0.3, 0.4) is 0 Å². The van der Waals surface area contributed by atoms with Crippen LogP contribution >= 0.6 is 0 Å². The first kappa shape index (κ1) is 18.6. The number of ketones is 2. The van der Waals surface area contributed by atoms with Crippen molar-refractivity contribution in [1.29, 1.82) is 0 Å². The third-order valence-corrected chi connectivity index (χ3v) is 4.38. The number of ether oxygens (including phenoxy) is 1. The number of benzene rings is 2. The Labute approximate surface area is 154 Å². The van der Waals surface area contributed by atoms with E-state index in [1.807, 2.05) is 0 Å². The van der Waals surface area contributed by atoms with Crippen molar-refractivity contribution in [1.82, 2.24) is 5.32 Å². The lowest BCUT2D eigenvalue weighted by Gasteiger charge is -2.20. The number of hydrogen-bond acceptors (Lipinski definition) is 8. The summed E-state index contributed by atoms with van der Waals surface area (Å²) in [7, 11) is 1.19. The molecule has 2 aromatic carbocycles. The third-order valence-electron chi connectivity index (χ3n) is 4.38. The molecule has 0 bridgehead atoms. The number of aliphatic hydroxyl groups is 1. The zero-order valence-corrected chi connectivity index (χ0v) is 14.4. The normalized spacial score (nSPS) is 13.7. The summed E-state index contributed by atoms with van der Waals surface area (Å²) in [5.41, 5.74) is 0.179. The van der Waals surface area contributed by atoms with Crippen LogP contribution in [0.15, 0.2) is 30.3 Å². The fourth-order valence-corrected chi connectivity index (χ4v) is 3.05. The Kier molecular flexibility index (Phi) is 4.93. The third kappa shape index (κ3) is 3.16. The molecule has 8 nitrogen and oxygen atoms in total. The number of methoxy groups -OCH3 is 1. The SMILES string of the molecule is COC(=O)[C@H](CO)NCc1cc(O)c2c(c1)C(=O)c1cccc(O)c1C2=O. The van der Waals surface area contributed by atoms with E-state index in [0.717, 1.165) is 0 Å². The van der Waals surface area contributed by atoms with Gasteiger partial charge in [0.05, 0.1) is 24.8 Å². The van der Waals surface area contributed by atoms with Gasteiger partial charge >= 0.3 is 5.97 Å². The summed E-state index contributed by atoms with van der Waals surface area (Å²) in [6, 6.07) is 5.93. The molecule has 0 aliphatic heterocycles. The van der Waals surface area contributed by atoms with Gasteiger partial charge in [-0.2, -0.15) is 0 Å². The van der Waals surface area contributed by atoms with E-state index in [4.69, 9.17) is 0 Å². The van der Waals surface area contributed by atoms with Crippen molar-refractivity contribution in [2.45, 2.75) is 12.6 Å². The number of esters is 1. The molecule has 8 heteroatoms. The number of carbonyl (C=O) groups excluding carboxylic acids is 3. The van der Waals surface area contributed by atoms with Crippen molar-refractivity contribution in [2.24, 2.45) is 0 Å². The number of carbonyl (C=O) groups is 3. The Morgan fingerprint density at radius 3 is 2.44 bits per heavy atom. The largest absolute Gasteiger partial charge is 0.507 e. The highest BCUT2D eigenvalue weighted by Crippen LogP contribution is 2.37. The van der Waals surface area contributed by atoms with E-state index in [1.54, 1.807) is 0 Å². The van der Waals surface area contributed by atoms with Crippen LogP contribution in [0.4, 0.5) is 0 Å². The Bertz CT molecular complexity index is 951. The highest BCUT2D eigenvalue weighted by atomic mass is 16.5. The summed E-state index contributed by atoms with van der Waals surface area (Å²) in [6.45, 7) is -0.455. The minimum absolute atomic E-state index is 0.00789. The smallest absolute Gasteiger partial charge is 0.325 e. The lowest BCUT2D eigenvalue weighted by atomic mass is 9.82. The zero-order valence-electron chi connectivity index (χ0n) is 14.4. The summed E-state index contributed by atoms with van der Waals surface area (Å²) >= 11 is 0. The van der Waals surface area contributed by atoms with Crippen LogP contribution in [0.5, 0.6) is 11.5 Å². The molecule has 0 heterocycles. The van der Waals surface area contributed by atoms with Gasteiger partial charge in [0, 0.05) is 17.7 Å². The van der Waals surface area contributed by atoms with Gasteiger partial charge in [0.25, 0.3) is 0 Å². The molecule has 0 unspecified atom stereocenters. The number of rotatable bonds is 5. The second-order valence-corrected chi connectivity index (χ2v) is 6.03. The number of aliphatic hydroxyl groups excluding tert-OH is 1. The molecule has 140 valence electrons. The van der Waals surface area contributed by atoms with Gasteiger partial charge < -0.3 is 20.1 Å². The van der Waals surface area contributed by atoms with Crippen LogP contribution in [-0.4, -0.2) is 52.6 Å². The standard InChI is InChI=1S/C19H17NO7/c1-27-19(26)12(8-21)20-7-9-5-11-16(14(23)6-9)18(25)15-10(17(11)24)3-2-4-13(15)22/h2-6,12,20-23H,7-8H2,1H3/t12-/m0/s1. The maximum atomic E-state index is 12.8. The van der Waals surface area contributed by atoms with E-state index >= 15 is 0 Å². The Hall–Kier alpha value is -3.23. The van der Waals surface area contributed by atoms with E-state index in [9.17, 15) is 29.7 Å². The molecule has 2 aromatic rings. The average Bonchev–Trinajstić information content (AvgIpc) is 2.65. The second kappa shape index (κ2) is 7.18. The number of phenolic OH excluding ortho intramolecular Hbond substituents is 2. The number of aromatic hydroxyl groups is 2. The van der Waals surface area contributed by atoms with E-state index in [1.165, 1.54) is 37.4 Å². The molecular weight excluding hydrogens is 354 g/mol. The van der Waals surface area contributed by atoms with Gasteiger partial charge in [-0.3, -0.25) is 19.7 Å². The molecule has 0 saturated heterocycles. The zero-order chi connectivity index (χ0) is 19.7. The van der Waals surface area contributed by atoms with Crippen molar-refractivity contribution in [3.63, 3.8) is 0 Å². The highest BCUT2D eigenvalue weighted by Gasteiger charge is 2.34. The minimum atomic E-state index is -0.969. The molecule has 1 aliphatic rings. The van der Waals surface area contributed by atoms with Gasteiger partial charge in [0.2, 0.25) is 5.78 Å². The number of fused-ring (bicyclic) bond motifs is 2. The second-order valence-electron chi connectivity index (χ2n) is 6.03. The molecule has 0 fully saturated rings. The lowest BCUT2D eigenvalue weighted by Crippen LogP contribution is -2.40. The van der Waals surface area contributed by atoms with Crippen molar-refractivity contribution in [3.8, 4) is 11.5 Å². The first-order valence-corrected chi connectivity index (χ1v) is 8.08. The van der Waals surface area contributed by atoms with Crippen LogP contribution < -0.4 is 5.32 Å². The van der Waals surface area contributed by atoms with Crippen molar-refractivity contribution >= 4 is 17.5 Å². The molecule has 4 N–H and O–H groups in total. The lowest BCUT2D eigenvalue weighted by molar-refractivity contribution is -0.144. The van der Waals surface area contributed by atoms with E-state index in [2.05, 4.69) is 10.1 Å². The Morgan fingerprint density at radius 1 is 1.07 bits per heavy atom. The molecule has 0 aromatic heterocycles. The Balaban J connectivity index is 1.97. The average molecular weight is 371 g/mol. The molecule has 0 spiro atoms. The summed E-state index contributed by atoms with van der Waals surface area (Å²) in [5.74, 6) is -2.53. The number of nitrogens with one attached hydrogen (secondary N) is 1. The van der Waals surface area contributed by atoms with Gasteiger partial charge in [0.15, 0.2) is 5.78 Å². The Morgan fingerprint density at radius 2 is 1.78 bits per heavy atom. The summed E-state index contributed by atoms with van der Waals surface area (Å²) in [4.78, 5) is 36.9. The predicted octanol–water partition coefficient (Wildman–Crippen LogP) is 0.497. The van der Waals surface area contributed by atoms with Gasteiger partial charge in [-0.25, -0.2) is 0 Å². The van der Waals surface area contributed by atoms with Crippen LogP contribution in [0.25, 0.3) is 0 Å². The maximum absolute atomic E-state index is 12.8. The van der Waals surface area contributed by atoms with E-state index < -0.39 is 35.9 Å². The molecule has 1 aliphatic carbocycles.